The summed E-state index contributed by atoms with van der Waals surface area (Å²) < 4.78 is 0. The van der Waals surface area contributed by atoms with E-state index in [0.717, 1.165) is 18.2 Å². The summed E-state index contributed by atoms with van der Waals surface area (Å²) in [5.74, 6) is 0.133. The van der Waals surface area contributed by atoms with Gasteiger partial charge >= 0.3 is 0 Å². The first kappa shape index (κ1) is 14.1. The van der Waals surface area contributed by atoms with Gasteiger partial charge in [0.2, 0.25) is 5.91 Å². The first-order valence-electron chi connectivity index (χ1n) is 6.60. The van der Waals surface area contributed by atoms with Gasteiger partial charge in [-0.05, 0) is 29.2 Å². The normalized spacial score (nSPS) is 10.6. The van der Waals surface area contributed by atoms with Crippen LogP contribution in [0.5, 0.6) is 0 Å². The second-order valence-electron chi connectivity index (χ2n) is 4.56. The van der Waals surface area contributed by atoms with Gasteiger partial charge in [0.05, 0.1) is 0 Å². The zero-order chi connectivity index (χ0) is 13.5. The summed E-state index contributed by atoms with van der Waals surface area (Å²) in [5.41, 5.74) is 1.17. The molecule has 2 nitrogen and oxygen atoms in total. The van der Waals surface area contributed by atoms with Crippen molar-refractivity contribution < 1.29 is 4.79 Å². The summed E-state index contributed by atoms with van der Waals surface area (Å²) in [4.78, 5) is 11.7. The molecule has 2 rings (SSSR count). The monoisotopic (exact) mass is 319 g/mol. The lowest BCUT2D eigenvalue weighted by Crippen LogP contribution is -2.22. The predicted molar refractivity (Wildman–Crippen MR) is 83.4 cm³/mol. The molecule has 0 fully saturated rings. The van der Waals surface area contributed by atoms with Crippen LogP contribution in [0, 0.1) is 0 Å². The van der Waals surface area contributed by atoms with Crippen molar-refractivity contribution in [1.82, 2.24) is 5.32 Å². The molecule has 2 aromatic rings. The zero-order valence-corrected chi connectivity index (χ0v) is 12.4. The van der Waals surface area contributed by atoms with E-state index >= 15 is 0 Å². The predicted octanol–water partition coefficient (Wildman–Crippen LogP) is 4.02. The van der Waals surface area contributed by atoms with E-state index in [9.17, 15) is 4.79 Å². The van der Waals surface area contributed by atoms with E-state index in [-0.39, 0.29) is 5.91 Å². The molecule has 0 aliphatic carbocycles. The van der Waals surface area contributed by atoms with E-state index in [2.05, 4.69) is 45.5 Å². The van der Waals surface area contributed by atoms with Crippen LogP contribution >= 0.6 is 15.9 Å². The molecule has 0 aliphatic rings. The summed E-state index contributed by atoms with van der Waals surface area (Å²) in [5, 5.41) is 6.39. The molecule has 3 heteroatoms. The van der Waals surface area contributed by atoms with Crippen molar-refractivity contribution in [1.29, 1.82) is 0 Å². The maximum atomic E-state index is 11.7. The molecule has 0 bridgehead atoms. The molecule has 0 radical (unpaired) electrons. The largest absolute Gasteiger partial charge is 0.352 e. The van der Waals surface area contributed by atoms with Crippen molar-refractivity contribution in [3.05, 3.63) is 48.0 Å². The van der Waals surface area contributed by atoms with Crippen molar-refractivity contribution in [2.75, 3.05) is 5.33 Å². The third-order valence-electron chi connectivity index (χ3n) is 3.14. The Kier molecular flexibility index (Phi) is 5.40. The van der Waals surface area contributed by atoms with Gasteiger partial charge in [0.1, 0.15) is 0 Å². The smallest absolute Gasteiger partial charge is 0.220 e. The Balaban J connectivity index is 1.96. The van der Waals surface area contributed by atoms with E-state index < -0.39 is 0 Å². The quantitative estimate of drug-likeness (QED) is 0.632. The number of alkyl halides is 1. The standard InChI is InChI=1S/C16H18BrNO/c17-11-4-3-10-16(19)18-12-14-8-5-7-13-6-1-2-9-15(13)14/h1-2,5-9H,3-4,10-12H2,(H,18,19). The van der Waals surface area contributed by atoms with Crippen molar-refractivity contribution in [3.63, 3.8) is 0 Å². The molecular formula is C16H18BrNO. The van der Waals surface area contributed by atoms with E-state index in [1.165, 1.54) is 16.3 Å². The van der Waals surface area contributed by atoms with E-state index in [0.29, 0.717) is 13.0 Å². The Morgan fingerprint density at radius 2 is 1.84 bits per heavy atom. The molecule has 0 heterocycles. The number of hydrogen-bond acceptors (Lipinski definition) is 1. The van der Waals surface area contributed by atoms with Crippen LogP contribution in [0.4, 0.5) is 0 Å². The molecule has 0 aromatic heterocycles. The lowest BCUT2D eigenvalue weighted by molar-refractivity contribution is -0.121. The minimum Gasteiger partial charge on any atom is -0.352 e. The fourth-order valence-electron chi connectivity index (χ4n) is 2.11. The van der Waals surface area contributed by atoms with Gasteiger partial charge in [0, 0.05) is 18.3 Å². The SMILES string of the molecule is O=C(CCCCBr)NCc1cccc2ccccc12. The van der Waals surface area contributed by atoms with Gasteiger partial charge in [-0.15, -0.1) is 0 Å². The number of benzene rings is 2. The zero-order valence-electron chi connectivity index (χ0n) is 10.9. The van der Waals surface area contributed by atoms with E-state index in [1.807, 2.05) is 18.2 Å². The lowest BCUT2D eigenvalue weighted by atomic mass is 10.0. The Labute approximate surface area is 122 Å². The Morgan fingerprint density at radius 3 is 2.68 bits per heavy atom. The highest BCUT2D eigenvalue weighted by Crippen LogP contribution is 2.18. The van der Waals surface area contributed by atoms with Gasteiger partial charge in [-0.1, -0.05) is 58.4 Å². The van der Waals surface area contributed by atoms with Gasteiger partial charge in [-0.2, -0.15) is 0 Å². The van der Waals surface area contributed by atoms with Gasteiger partial charge in [-0.3, -0.25) is 4.79 Å². The lowest BCUT2D eigenvalue weighted by Gasteiger charge is -2.08. The third-order valence-corrected chi connectivity index (χ3v) is 3.70. The number of nitrogens with one attached hydrogen (secondary N) is 1. The minimum atomic E-state index is 0.133. The fraction of sp³-hybridized carbons (Fsp3) is 0.312. The Morgan fingerprint density at radius 1 is 1.05 bits per heavy atom. The van der Waals surface area contributed by atoms with Crippen molar-refractivity contribution in [2.24, 2.45) is 0 Å². The number of fused-ring (bicyclic) bond motifs is 1. The van der Waals surface area contributed by atoms with E-state index in [1.54, 1.807) is 0 Å². The fourth-order valence-corrected chi connectivity index (χ4v) is 2.51. The molecule has 0 saturated carbocycles. The second kappa shape index (κ2) is 7.29. The summed E-state index contributed by atoms with van der Waals surface area (Å²) in [6.07, 6.45) is 2.59. The molecule has 100 valence electrons. The minimum absolute atomic E-state index is 0.133. The van der Waals surface area contributed by atoms with Gasteiger partial charge in [0.25, 0.3) is 0 Å². The second-order valence-corrected chi connectivity index (χ2v) is 5.35. The van der Waals surface area contributed by atoms with Crippen molar-refractivity contribution >= 4 is 32.6 Å². The van der Waals surface area contributed by atoms with Crippen LogP contribution in [-0.2, 0) is 11.3 Å². The Hall–Kier alpha value is -1.35. The summed E-state index contributed by atoms with van der Waals surface area (Å²) in [6, 6.07) is 14.5. The number of halogens is 1. The highest BCUT2D eigenvalue weighted by Gasteiger charge is 2.03. The van der Waals surface area contributed by atoms with Crippen molar-refractivity contribution in [3.8, 4) is 0 Å². The average molecular weight is 320 g/mol. The molecule has 0 atom stereocenters. The summed E-state index contributed by atoms with van der Waals surface area (Å²) in [7, 11) is 0. The first-order valence-corrected chi connectivity index (χ1v) is 7.72. The van der Waals surface area contributed by atoms with Gasteiger partial charge in [0.15, 0.2) is 0 Å². The van der Waals surface area contributed by atoms with Gasteiger partial charge < -0.3 is 5.32 Å². The molecule has 0 spiro atoms. The molecule has 1 N–H and O–H groups in total. The van der Waals surface area contributed by atoms with Crippen LogP contribution < -0.4 is 5.32 Å². The number of hydrogen-bond donors (Lipinski definition) is 1. The molecule has 19 heavy (non-hydrogen) atoms. The van der Waals surface area contributed by atoms with E-state index in [4.69, 9.17) is 0 Å². The highest BCUT2D eigenvalue weighted by molar-refractivity contribution is 9.09. The van der Waals surface area contributed by atoms with Crippen molar-refractivity contribution in [2.45, 2.75) is 25.8 Å². The third kappa shape index (κ3) is 4.06. The number of unbranched alkanes of at least 4 members (excludes halogenated alkanes) is 1. The number of carbonyl (C=O) groups is 1. The summed E-state index contributed by atoms with van der Waals surface area (Å²) in [6.45, 7) is 0.606. The summed E-state index contributed by atoms with van der Waals surface area (Å²) >= 11 is 3.37. The molecule has 0 aliphatic heterocycles. The number of carbonyl (C=O) groups excluding carboxylic acids is 1. The highest BCUT2D eigenvalue weighted by atomic mass is 79.9. The number of amides is 1. The first-order chi connectivity index (χ1) is 9.31. The molecule has 0 unspecified atom stereocenters. The van der Waals surface area contributed by atoms with Gasteiger partial charge in [-0.25, -0.2) is 0 Å². The average Bonchev–Trinajstić information content (AvgIpc) is 2.45. The molecule has 2 aromatic carbocycles. The molecular weight excluding hydrogens is 302 g/mol. The van der Waals surface area contributed by atoms with Crippen LogP contribution in [-0.4, -0.2) is 11.2 Å². The maximum absolute atomic E-state index is 11.7. The maximum Gasteiger partial charge on any atom is 0.220 e. The van der Waals surface area contributed by atoms with Crippen LogP contribution in [0.25, 0.3) is 10.8 Å². The van der Waals surface area contributed by atoms with Crippen LogP contribution in [0.3, 0.4) is 0 Å². The topological polar surface area (TPSA) is 29.1 Å². The van der Waals surface area contributed by atoms with Crippen LogP contribution in [0.15, 0.2) is 42.5 Å². The van der Waals surface area contributed by atoms with Crippen LogP contribution in [0.1, 0.15) is 24.8 Å². The molecule has 0 saturated heterocycles. The Bertz CT molecular complexity index is 548. The van der Waals surface area contributed by atoms with Crippen LogP contribution in [0.2, 0.25) is 0 Å². The molecule has 1 amide bonds. The number of rotatable bonds is 6.